The monoisotopic (exact) mass is 374 g/mol. The van der Waals surface area contributed by atoms with Gasteiger partial charge in [0.05, 0.1) is 18.6 Å². The molecule has 148 valence electrons. The number of carbonyl (C=O) groups excluding carboxylic acids is 2. The first kappa shape index (κ1) is 19.8. The van der Waals surface area contributed by atoms with Gasteiger partial charge in [-0.05, 0) is 50.3 Å². The zero-order valence-corrected chi connectivity index (χ0v) is 16.5. The molecule has 1 aromatic carbocycles. The van der Waals surface area contributed by atoms with Crippen molar-refractivity contribution < 1.29 is 19.4 Å². The maximum atomic E-state index is 12.9. The summed E-state index contributed by atoms with van der Waals surface area (Å²) in [5.74, 6) is -0.137. The van der Waals surface area contributed by atoms with Crippen molar-refractivity contribution in [2.75, 3.05) is 26.2 Å². The van der Waals surface area contributed by atoms with Crippen LogP contribution in [0.4, 0.5) is 0 Å². The summed E-state index contributed by atoms with van der Waals surface area (Å²) >= 11 is 0. The van der Waals surface area contributed by atoms with E-state index in [4.69, 9.17) is 4.74 Å². The van der Waals surface area contributed by atoms with Crippen LogP contribution in [-0.4, -0.2) is 64.7 Å². The summed E-state index contributed by atoms with van der Waals surface area (Å²) in [6.07, 6.45) is 0.641. The number of carbonyl (C=O) groups is 2. The van der Waals surface area contributed by atoms with E-state index in [0.717, 1.165) is 5.56 Å². The Balaban J connectivity index is 1.62. The normalized spacial score (nSPS) is 21.3. The number of benzene rings is 1. The van der Waals surface area contributed by atoms with Gasteiger partial charge in [-0.25, -0.2) is 0 Å². The molecule has 1 atom stereocenters. The molecule has 2 aliphatic rings. The number of ether oxygens (including phenoxy) is 1. The Morgan fingerprint density at radius 2 is 1.93 bits per heavy atom. The van der Waals surface area contributed by atoms with E-state index in [0.29, 0.717) is 52.0 Å². The summed E-state index contributed by atoms with van der Waals surface area (Å²) in [6, 6.07) is 6.32. The van der Waals surface area contributed by atoms with Gasteiger partial charge in [-0.2, -0.15) is 0 Å². The first-order valence-corrected chi connectivity index (χ1v) is 9.74. The van der Waals surface area contributed by atoms with Crippen LogP contribution in [0, 0.1) is 13.8 Å². The molecule has 0 saturated carbocycles. The van der Waals surface area contributed by atoms with E-state index in [1.807, 2.05) is 4.90 Å². The van der Waals surface area contributed by atoms with Crippen molar-refractivity contribution in [1.82, 2.24) is 9.80 Å². The van der Waals surface area contributed by atoms with Gasteiger partial charge in [0, 0.05) is 26.2 Å². The summed E-state index contributed by atoms with van der Waals surface area (Å²) in [5.41, 5.74) is 3.14. The summed E-state index contributed by atoms with van der Waals surface area (Å²) in [4.78, 5) is 28.4. The highest BCUT2D eigenvalue weighted by Gasteiger charge is 2.41. The largest absolute Gasteiger partial charge is 0.384 e. The minimum Gasteiger partial charge on any atom is -0.384 e. The predicted molar refractivity (Wildman–Crippen MR) is 102 cm³/mol. The number of nitrogens with zero attached hydrogens (tertiary/aromatic N) is 2. The molecule has 2 heterocycles. The lowest BCUT2D eigenvalue weighted by Crippen LogP contribution is -2.50. The second-order valence-corrected chi connectivity index (χ2v) is 7.94. The van der Waals surface area contributed by atoms with Gasteiger partial charge in [0.25, 0.3) is 5.91 Å². The van der Waals surface area contributed by atoms with Crippen molar-refractivity contribution in [2.45, 2.75) is 58.3 Å². The number of aliphatic hydroxyl groups is 1. The highest BCUT2D eigenvalue weighted by Crippen LogP contribution is 2.33. The summed E-state index contributed by atoms with van der Waals surface area (Å²) in [7, 11) is 0. The summed E-state index contributed by atoms with van der Waals surface area (Å²) in [6.45, 7) is 8.41. The van der Waals surface area contributed by atoms with Gasteiger partial charge in [0.2, 0.25) is 5.91 Å². The van der Waals surface area contributed by atoms with E-state index in [1.54, 1.807) is 4.90 Å². The molecule has 0 bridgehead atoms. The van der Waals surface area contributed by atoms with Gasteiger partial charge in [-0.3, -0.25) is 9.59 Å². The molecule has 3 rings (SSSR count). The standard InChI is InChI=1S/C21H30N2O4/c1-15-4-5-18(12-16(15)2)14-23-10-11-27-21(13-19(23)25)6-8-22(9-7-21)20(26)17(3)24/h4-5,12,17,24H,6-11,13-14H2,1-3H3. The molecule has 2 saturated heterocycles. The van der Waals surface area contributed by atoms with E-state index >= 15 is 0 Å². The first-order valence-electron chi connectivity index (χ1n) is 9.74. The first-order chi connectivity index (χ1) is 12.8. The van der Waals surface area contributed by atoms with Crippen LogP contribution < -0.4 is 0 Å². The third-order valence-corrected chi connectivity index (χ3v) is 5.88. The van der Waals surface area contributed by atoms with Crippen LogP contribution in [0.2, 0.25) is 0 Å². The van der Waals surface area contributed by atoms with Crippen LogP contribution in [-0.2, 0) is 20.9 Å². The quantitative estimate of drug-likeness (QED) is 0.876. The van der Waals surface area contributed by atoms with E-state index in [9.17, 15) is 14.7 Å². The molecule has 1 spiro atoms. The maximum absolute atomic E-state index is 12.9. The third kappa shape index (κ3) is 4.50. The summed E-state index contributed by atoms with van der Waals surface area (Å²) < 4.78 is 6.14. The zero-order valence-electron chi connectivity index (χ0n) is 16.5. The van der Waals surface area contributed by atoms with Gasteiger partial charge in [-0.15, -0.1) is 0 Å². The highest BCUT2D eigenvalue weighted by atomic mass is 16.5. The number of likely N-dealkylation sites (tertiary alicyclic amines) is 1. The second kappa shape index (κ2) is 7.98. The number of hydrogen-bond donors (Lipinski definition) is 1. The van der Waals surface area contributed by atoms with Gasteiger partial charge in [0.1, 0.15) is 6.10 Å². The number of aliphatic hydroxyl groups excluding tert-OH is 1. The van der Waals surface area contributed by atoms with Gasteiger partial charge >= 0.3 is 0 Å². The van der Waals surface area contributed by atoms with Gasteiger partial charge in [0.15, 0.2) is 0 Å². The molecule has 1 unspecified atom stereocenters. The smallest absolute Gasteiger partial charge is 0.251 e. The number of hydrogen-bond acceptors (Lipinski definition) is 4. The molecule has 6 heteroatoms. The lowest BCUT2D eigenvalue weighted by molar-refractivity contribution is -0.147. The van der Waals surface area contributed by atoms with Crippen LogP contribution in [0.3, 0.4) is 0 Å². The van der Waals surface area contributed by atoms with E-state index in [-0.39, 0.29) is 11.8 Å². The Morgan fingerprint density at radius 1 is 1.22 bits per heavy atom. The van der Waals surface area contributed by atoms with Crippen molar-refractivity contribution in [3.8, 4) is 0 Å². The number of rotatable bonds is 3. The summed E-state index contributed by atoms with van der Waals surface area (Å²) in [5, 5.41) is 9.49. The molecule has 1 N–H and O–H groups in total. The Labute approximate surface area is 161 Å². The van der Waals surface area contributed by atoms with Crippen LogP contribution in [0.1, 0.15) is 42.9 Å². The third-order valence-electron chi connectivity index (χ3n) is 5.88. The lowest BCUT2D eigenvalue weighted by atomic mass is 9.87. The average molecular weight is 374 g/mol. The SMILES string of the molecule is Cc1ccc(CN2CCOC3(CCN(C(=O)C(C)O)CC3)CC2=O)cc1C. The van der Waals surface area contributed by atoms with Crippen molar-refractivity contribution in [2.24, 2.45) is 0 Å². The molecular weight excluding hydrogens is 344 g/mol. The predicted octanol–water partition coefficient (Wildman–Crippen LogP) is 1.79. The fourth-order valence-electron chi connectivity index (χ4n) is 3.94. The van der Waals surface area contributed by atoms with Gasteiger partial charge < -0.3 is 19.6 Å². The minimum atomic E-state index is -0.982. The van der Waals surface area contributed by atoms with E-state index in [1.165, 1.54) is 18.1 Å². The number of piperidine rings is 1. The Kier molecular flexibility index (Phi) is 5.86. The molecular formula is C21H30N2O4. The fourth-order valence-corrected chi connectivity index (χ4v) is 3.94. The Hall–Kier alpha value is -1.92. The van der Waals surface area contributed by atoms with Crippen molar-refractivity contribution in [3.63, 3.8) is 0 Å². The van der Waals surface area contributed by atoms with E-state index < -0.39 is 11.7 Å². The molecule has 2 amide bonds. The lowest BCUT2D eigenvalue weighted by Gasteiger charge is -2.40. The highest BCUT2D eigenvalue weighted by molar-refractivity contribution is 5.80. The molecule has 0 aromatic heterocycles. The minimum absolute atomic E-state index is 0.112. The van der Waals surface area contributed by atoms with Crippen LogP contribution >= 0.6 is 0 Å². The van der Waals surface area contributed by atoms with E-state index in [2.05, 4.69) is 32.0 Å². The number of aryl methyl sites for hydroxylation is 2. The zero-order chi connectivity index (χ0) is 19.6. The molecule has 2 fully saturated rings. The Morgan fingerprint density at radius 3 is 2.56 bits per heavy atom. The molecule has 27 heavy (non-hydrogen) atoms. The molecule has 2 aliphatic heterocycles. The fraction of sp³-hybridized carbons (Fsp3) is 0.619. The topological polar surface area (TPSA) is 70.1 Å². The molecule has 0 radical (unpaired) electrons. The molecule has 1 aromatic rings. The van der Waals surface area contributed by atoms with Crippen LogP contribution in [0.25, 0.3) is 0 Å². The van der Waals surface area contributed by atoms with Crippen molar-refractivity contribution in [3.05, 3.63) is 34.9 Å². The molecule has 0 aliphatic carbocycles. The van der Waals surface area contributed by atoms with Crippen molar-refractivity contribution in [1.29, 1.82) is 0 Å². The number of amides is 2. The van der Waals surface area contributed by atoms with Gasteiger partial charge in [-0.1, -0.05) is 18.2 Å². The van der Waals surface area contributed by atoms with Crippen LogP contribution in [0.15, 0.2) is 18.2 Å². The second-order valence-electron chi connectivity index (χ2n) is 7.94. The Bertz CT molecular complexity index is 708. The van der Waals surface area contributed by atoms with Crippen LogP contribution in [0.5, 0.6) is 0 Å². The molecule has 6 nitrogen and oxygen atoms in total. The average Bonchev–Trinajstić information content (AvgIpc) is 2.77. The van der Waals surface area contributed by atoms with Crippen molar-refractivity contribution >= 4 is 11.8 Å². The maximum Gasteiger partial charge on any atom is 0.251 e.